The van der Waals surface area contributed by atoms with E-state index in [0.717, 1.165) is 34.6 Å². The highest BCUT2D eigenvalue weighted by Crippen LogP contribution is 2.43. The number of rotatable bonds is 30. The first-order chi connectivity index (χ1) is 49.9. The summed E-state index contributed by atoms with van der Waals surface area (Å²) in [6.07, 6.45) is -23.5. The molecule has 560 valence electrons. The molecule has 4 aliphatic rings. The zero-order valence-electron chi connectivity index (χ0n) is 56.6. The molecule has 4 fully saturated rings. The maximum atomic E-state index is 14.5. The number of nitrogens with zero attached hydrogens (tertiary/aromatic N) is 9. The summed E-state index contributed by atoms with van der Waals surface area (Å²) in [5, 5.41) is 56.6. The first kappa shape index (κ1) is 77.6. The fraction of sp³-hybridized carbons (Fsp3) is 0.515. The minimum absolute atomic E-state index is 0.0198. The molecule has 3 aromatic heterocycles. The van der Waals surface area contributed by atoms with Crippen LogP contribution in [0.2, 0.25) is 0 Å². The highest BCUT2D eigenvalue weighted by Gasteiger charge is 2.64. The van der Waals surface area contributed by atoms with Crippen molar-refractivity contribution in [3.8, 4) is 0 Å². The average molecular weight is 1500 g/mol. The second kappa shape index (κ2) is 35.6. The van der Waals surface area contributed by atoms with Gasteiger partial charge in [-0.15, -0.1) is 38.5 Å². The van der Waals surface area contributed by atoms with Gasteiger partial charge < -0.3 is 91.1 Å². The van der Waals surface area contributed by atoms with Gasteiger partial charge in [-0.1, -0.05) is 70.2 Å². The van der Waals surface area contributed by atoms with Gasteiger partial charge in [-0.05, 0) is 43.3 Å². The van der Waals surface area contributed by atoms with E-state index in [4.69, 9.17) is 99.0 Å². The number of aromatic nitrogens is 9. The SMILES string of the molecule is CCOCc1cn(C[C@@H]2O[C@H](OCn3cc(C[C@H]4O[C@@H](OCc5cn(C[C@H]6O[C@@](CCl)(O[C@H]7O[C@H](COC(C)=O)[C@H](Cl)[C@H](OC(C)=O)[C@H]7OC(C)=O)[C@@H](OC(C)=O)[C@@H]6OC(C)=O)nn5)[C@@H](OC(=O)c5ccccc5)[C@@H](OC(=O)c5ccccc5)[C@H]4OC(=O)c4ccccc4)nn3)[C@H](O)[C@H](O)[C@@H]2O)nn1. The Morgan fingerprint density at radius 1 is 0.490 bits per heavy atom. The molecule has 0 spiro atoms. The summed E-state index contributed by atoms with van der Waals surface area (Å²) in [5.74, 6) is -10.4. The van der Waals surface area contributed by atoms with Crippen molar-refractivity contribution < 1.29 is 129 Å². The monoisotopic (exact) mass is 1500 g/mol. The maximum absolute atomic E-state index is 14.5. The summed E-state index contributed by atoms with van der Waals surface area (Å²) in [6, 6.07) is 23.2. The van der Waals surface area contributed by atoms with Crippen molar-refractivity contribution in [1.29, 1.82) is 0 Å². The summed E-state index contributed by atoms with van der Waals surface area (Å²) < 4.78 is 100. The normalized spacial score (nSPS) is 28.8. The predicted molar refractivity (Wildman–Crippen MR) is 344 cm³/mol. The minimum atomic E-state index is -2.40. The minimum Gasteiger partial charge on any atom is -0.463 e. The van der Waals surface area contributed by atoms with Gasteiger partial charge in [-0.3, -0.25) is 24.0 Å². The standard InChI is InChI=1S/C66H75Cl2N9O27/c1-7-89-29-43-25-75(72-70-43)27-46-50(83)51(84)52(85)63(98-46)92-33-77-24-42(69-74-77)23-45-53(100-60(86)39-17-11-8-12-18-39)56(101-61(87)40-19-13-9-14-20-40)58(102-62(88)41-21-15-10-16-22-41)64(97-45)91-30-44-26-76(73-71-44)28-47-54(93-35(3)79)59(96-38(6)82)66(32-67,103-47)104-65-57(95-37(5)81)55(94-36(4)80)49(68)48(99-65)31-90-34(2)78/h8-22,24-26,45-59,63-65,83-85H,7,23,27-33H2,1-6H3/t45-,46+,47-,48-,49+,50-,51-,52-,53+,54-,55+,56+,57-,58+,59+,63+,64-,65-,66+/m1/s1. The van der Waals surface area contributed by atoms with Crippen LogP contribution >= 0.6 is 23.2 Å². The van der Waals surface area contributed by atoms with Gasteiger partial charge >= 0.3 is 47.8 Å². The first-order valence-electron chi connectivity index (χ1n) is 32.5. The van der Waals surface area contributed by atoms with Gasteiger partial charge in [-0.25, -0.2) is 28.4 Å². The molecule has 36 nitrogen and oxygen atoms in total. The molecule has 0 radical (unpaired) electrons. The predicted octanol–water partition coefficient (Wildman–Crippen LogP) is 1.61. The van der Waals surface area contributed by atoms with Gasteiger partial charge in [0.15, 0.2) is 55.3 Å². The van der Waals surface area contributed by atoms with Crippen LogP contribution in [0.1, 0.15) is 89.7 Å². The lowest BCUT2D eigenvalue weighted by molar-refractivity contribution is -0.359. The van der Waals surface area contributed by atoms with E-state index in [2.05, 4.69) is 30.9 Å². The van der Waals surface area contributed by atoms with E-state index < -0.39 is 196 Å². The van der Waals surface area contributed by atoms with Gasteiger partial charge in [0.1, 0.15) is 72.8 Å². The van der Waals surface area contributed by atoms with Crippen molar-refractivity contribution in [2.75, 3.05) is 19.1 Å². The molecule has 0 saturated carbocycles. The van der Waals surface area contributed by atoms with E-state index in [1.165, 1.54) is 62.8 Å². The van der Waals surface area contributed by atoms with E-state index in [1.54, 1.807) is 60.8 Å². The van der Waals surface area contributed by atoms with Crippen LogP contribution < -0.4 is 0 Å². The van der Waals surface area contributed by atoms with Crippen molar-refractivity contribution in [3.05, 3.63) is 143 Å². The van der Waals surface area contributed by atoms with Crippen LogP contribution in [0.4, 0.5) is 0 Å². The number of carbonyl (C=O) groups excluding carboxylic acids is 8. The number of hydrogen-bond acceptors (Lipinski definition) is 33. The van der Waals surface area contributed by atoms with E-state index in [1.807, 2.05) is 6.92 Å². The molecule has 0 bridgehead atoms. The Labute approximate surface area is 602 Å². The molecule has 19 atom stereocenters. The van der Waals surface area contributed by atoms with Gasteiger partial charge in [0.05, 0.1) is 73.2 Å². The highest BCUT2D eigenvalue weighted by atomic mass is 35.5. The number of esters is 8. The van der Waals surface area contributed by atoms with E-state index >= 15 is 0 Å². The van der Waals surface area contributed by atoms with Crippen molar-refractivity contribution in [2.45, 2.75) is 196 Å². The largest absolute Gasteiger partial charge is 0.463 e. The average Bonchev–Trinajstić information content (AvgIpc) is 1.61. The Morgan fingerprint density at radius 2 is 0.971 bits per heavy atom. The number of aliphatic hydroxyl groups is 3. The fourth-order valence-corrected chi connectivity index (χ4v) is 12.3. The van der Waals surface area contributed by atoms with E-state index in [-0.39, 0.29) is 47.7 Å². The van der Waals surface area contributed by atoms with Crippen molar-refractivity contribution in [2.24, 2.45) is 0 Å². The van der Waals surface area contributed by atoms with Gasteiger partial charge in [0.25, 0.3) is 0 Å². The van der Waals surface area contributed by atoms with Gasteiger partial charge in [0, 0.05) is 47.6 Å². The molecular weight excluding hydrogens is 1420 g/mol. The summed E-state index contributed by atoms with van der Waals surface area (Å²) in [5.41, 5.74) is 0.762. The van der Waals surface area contributed by atoms with Crippen molar-refractivity contribution in [3.63, 3.8) is 0 Å². The lowest BCUT2D eigenvalue weighted by Crippen LogP contribution is -2.63. The molecule has 38 heteroatoms. The summed E-state index contributed by atoms with van der Waals surface area (Å²) in [4.78, 5) is 106. The molecule has 6 aromatic rings. The smallest absolute Gasteiger partial charge is 0.338 e. The number of ether oxygens (including phenoxy) is 16. The van der Waals surface area contributed by atoms with Gasteiger partial charge in [-0.2, -0.15) is 0 Å². The third kappa shape index (κ3) is 19.7. The van der Waals surface area contributed by atoms with Crippen molar-refractivity contribution >= 4 is 71.0 Å². The lowest BCUT2D eigenvalue weighted by Gasteiger charge is -2.45. The van der Waals surface area contributed by atoms with Gasteiger partial charge in [0.2, 0.25) is 12.1 Å². The molecular formula is C66H75Cl2N9O27. The van der Waals surface area contributed by atoms with Crippen LogP contribution in [0, 0.1) is 0 Å². The Morgan fingerprint density at radius 3 is 1.53 bits per heavy atom. The van der Waals surface area contributed by atoms with Crippen LogP contribution in [-0.4, -0.2) is 243 Å². The van der Waals surface area contributed by atoms with Crippen LogP contribution in [0.25, 0.3) is 0 Å². The number of aliphatic hydroxyl groups excluding tert-OH is 3. The lowest BCUT2D eigenvalue weighted by atomic mass is 9.94. The maximum Gasteiger partial charge on any atom is 0.338 e. The Bertz CT molecular complexity index is 3900. The molecule has 0 aliphatic carbocycles. The fourth-order valence-electron chi connectivity index (χ4n) is 11.7. The third-order valence-corrected chi connectivity index (χ3v) is 17.2. The summed E-state index contributed by atoms with van der Waals surface area (Å²) in [7, 11) is 0. The quantitative estimate of drug-likeness (QED) is 0.0327. The van der Waals surface area contributed by atoms with E-state index in [9.17, 15) is 53.7 Å². The Balaban J connectivity index is 0.947. The summed E-state index contributed by atoms with van der Waals surface area (Å²) >= 11 is 13.5. The van der Waals surface area contributed by atoms with Crippen LogP contribution in [-0.2, 0) is 139 Å². The molecule has 4 saturated heterocycles. The van der Waals surface area contributed by atoms with Crippen LogP contribution in [0.5, 0.6) is 0 Å². The molecule has 3 N–H and O–H groups in total. The molecule has 0 unspecified atom stereocenters. The Hall–Kier alpha value is -9.02. The molecule has 10 rings (SSSR count). The molecule has 0 amide bonds. The number of alkyl halides is 2. The topological polar surface area (TPSA) is 437 Å². The molecule has 3 aromatic carbocycles. The molecule has 7 heterocycles. The number of halogens is 2. The van der Waals surface area contributed by atoms with Crippen molar-refractivity contribution in [1.82, 2.24) is 45.0 Å². The molecule has 4 aliphatic heterocycles. The van der Waals surface area contributed by atoms with E-state index in [0.29, 0.717) is 12.3 Å². The first-order valence-corrected chi connectivity index (χ1v) is 33.5. The summed E-state index contributed by atoms with van der Waals surface area (Å²) in [6.45, 7) is 5.62. The second-order valence-electron chi connectivity index (χ2n) is 24.1. The zero-order valence-corrected chi connectivity index (χ0v) is 58.1. The Kier molecular flexibility index (Phi) is 26.6. The second-order valence-corrected chi connectivity index (χ2v) is 24.9. The number of benzene rings is 3. The highest BCUT2D eigenvalue weighted by molar-refractivity contribution is 6.21. The number of hydrogen-bond donors (Lipinski definition) is 3. The number of carbonyl (C=O) groups is 8. The zero-order chi connectivity index (χ0) is 74.4. The van der Waals surface area contributed by atoms with Crippen LogP contribution in [0.15, 0.2) is 110 Å². The third-order valence-electron chi connectivity index (χ3n) is 16.3. The molecule has 104 heavy (non-hydrogen) atoms. The van der Waals surface area contributed by atoms with Crippen LogP contribution in [0.3, 0.4) is 0 Å².